The Balaban J connectivity index is 1.97. The average molecular weight is 459 g/mol. The van der Waals surface area contributed by atoms with Crippen LogP contribution in [0.4, 0.5) is 5.00 Å². The monoisotopic (exact) mass is 459 g/mol. The first-order chi connectivity index (χ1) is 15.9. The fraction of sp³-hybridized carbons (Fsp3) is 0.130. The molecule has 0 bridgehead atoms. The number of H-pyrrole nitrogens is 1. The first-order valence-corrected chi connectivity index (χ1v) is 10.5. The number of esters is 1. The Labute approximate surface area is 192 Å². The van der Waals surface area contributed by atoms with Gasteiger partial charge in [-0.05, 0) is 17.7 Å². The van der Waals surface area contributed by atoms with Crippen LogP contribution in [-0.4, -0.2) is 24.6 Å². The number of hydrogen-bond donors (Lipinski definition) is 3. The number of fused-ring (bicyclic) bond motifs is 3. The number of anilines is 1. The van der Waals surface area contributed by atoms with E-state index >= 15 is 0 Å². The van der Waals surface area contributed by atoms with Crippen molar-refractivity contribution in [2.75, 3.05) is 19.0 Å². The first kappa shape index (κ1) is 21.7. The second-order valence-corrected chi connectivity index (χ2v) is 8.05. The van der Waals surface area contributed by atoms with Crippen LogP contribution in [0, 0.1) is 22.7 Å². The van der Waals surface area contributed by atoms with Crippen LogP contribution in [0.3, 0.4) is 0 Å². The van der Waals surface area contributed by atoms with Crippen LogP contribution in [0.25, 0.3) is 10.2 Å². The van der Waals surface area contributed by atoms with E-state index in [1.54, 1.807) is 30.3 Å². The Kier molecular flexibility index (Phi) is 5.61. The zero-order chi connectivity index (χ0) is 23.7. The van der Waals surface area contributed by atoms with E-state index in [2.05, 4.69) is 22.9 Å². The van der Waals surface area contributed by atoms with Gasteiger partial charge in [-0.3, -0.25) is 4.79 Å². The SMILES string of the molecule is C=CCNc1sc2c3c(c(=O)[nH]c2c1C#N)C(c1ccc(C(=O)OC)cc1)C(C#N)=C(N)O3. The molecule has 3 heterocycles. The number of carbonyl (C=O) groups is 1. The van der Waals surface area contributed by atoms with E-state index in [0.717, 1.165) is 0 Å². The van der Waals surface area contributed by atoms with Crippen molar-refractivity contribution in [1.29, 1.82) is 10.5 Å². The largest absolute Gasteiger partial charge is 0.465 e. The van der Waals surface area contributed by atoms with Gasteiger partial charge in [-0.15, -0.1) is 17.9 Å². The number of aromatic amines is 1. The quantitative estimate of drug-likeness (QED) is 0.388. The predicted octanol–water partition coefficient (Wildman–Crippen LogP) is 3.06. The number of nitriles is 2. The van der Waals surface area contributed by atoms with Crippen molar-refractivity contribution in [2.24, 2.45) is 5.73 Å². The summed E-state index contributed by atoms with van der Waals surface area (Å²) in [5.74, 6) is -1.27. The van der Waals surface area contributed by atoms with Crippen molar-refractivity contribution >= 4 is 32.5 Å². The minimum absolute atomic E-state index is 0.0697. The molecule has 9 nitrogen and oxygen atoms in total. The summed E-state index contributed by atoms with van der Waals surface area (Å²) in [5, 5.41) is 23.1. The summed E-state index contributed by atoms with van der Waals surface area (Å²) < 4.78 is 11.0. The van der Waals surface area contributed by atoms with Crippen molar-refractivity contribution in [3.05, 3.63) is 81.0 Å². The van der Waals surface area contributed by atoms with Gasteiger partial charge in [0.2, 0.25) is 5.88 Å². The zero-order valence-electron chi connectivity index (χ0n) is 17.4. The Bertz CT molecular complexity index is 1470. The molecule has 2 aromatic heterocycles. The molecule has 1 aromatic carbocycles. The molecule has 0 amide bonds. The molecule has 0 saturated heterocycles. The van der Waals surface area contributed by atoms with Gasteiger partial charge in [0.25, 0.3) is 5.56 Å². The number of allylic oxidation sites excluding steroid dienone is 1. The molecule has 10 heteroatoms. The average Bonchev–Trinajstić information content (AvgIpc) is 3.18. The Morgan fingerprint density at radius 3 is 2.70 bits per heavy atom. The maximum absolute atomic E-state index is 13.2. The van der Waals surface area contributed by atoms with Crippen molar-refractivity contribution in [2.45, 2.75) is 5.92 Å². The summed E-state index contributed by atoms with van der Waals surface area (Å²) >= 11 is 1.23. The number of ether oxygens (including phenoxy) is 2. The van der Waals surface area contributed by atoms with Crippen LogP contribution >= 0.6 is 11.3 Å². The van der Waals surface area contributed by atoms with Gasteiger partial charge in [0.05, 0.1) is 34.4 Å². The third kappa shape index (κ3) is 3.49. The molecule has 4 N–H and O–H groups in total. The molecule has 164 valence electrons. The molecular weight excluding hydrogens is 442 g/mol. The Morgan fingerprint density at radius 2 is 2.09 bits per heavy atom. The van der Waals surface area contributed by atoms with Crippen LogP contribution in [-0.2, 0) is 4.74 Å². The Morgan fingerprint density at radius 1 is 1.36 bits per heavy atom. The van der Waals surface area contributed by atoms with Crippen molar-refractivity contribution < 1.29 is 14.3 Å². The predicted molar refractivity (Wildman–Crippen MR) is 123 cm³/mol. The molecular formula is C23H17N5O4S. The number of nitrogens with two attached hydrogens (primary N) is 1. The number of nitrogens with one attached hydrogen (secondary N) is 2. The minimum Gasteiger partial charge on any atom is -0.465 e. The number of aromatic nitrogens is 1. The van der Waals surface area contributed by atoms with Crippen LogP contribution in [0.15, 0.2) is 53.2 Å². The van der Waals surface area contributed by atoms with Gasteiger partial charge in [-0.25, -0.2) is 4.79 Å². The molecule has 0 saturated carbocycles. The molecule has 0 spiro atoms. The molecule has 33 heavy (non-hydrogen) atoms. The van der Waals surface area contributed by atoms with Crippen molar-refractivity contribution in [3.63, 3.8) is 0 Å². The third-order valence-electron chi connectivity index (χ3n) is 5.20. The maximum Gasteiger partial charge on any atom is 0.337 e. The van der Waals surface area contributed by atoms with Crippen LogP contribution in [0.1, 0.15) is 33.0 Å². The van der Waals surface area contributed by atoms with Gasteiger partial charge >= 0.3 is 5.97 Å². The lowest BCUT2D eigenvalue weighted by atomic mass is 9.84. The molecule has 0 fully saturated rings. The number of rotatable bonds is 5. The summed E-state index contributed by atoms with van der Waals surface area (Å²) in [6.07, 6.45) is 1.65. The third-order valence-corrected chi connectivity index (χ3v) is 6.35. The normalized spacial score (nSPS) is 14.6. The highest BCUT2D eigenvalue weighted by Gasteiger charge is 2.36. The maximum atomic E-state index is 13.2. The number of nitrogens with zero attached hydrogens (tertiary/aromatic N) is 2. The highest BCUT2D eigenvalue weighted by atomic mass is 32.1. The fourth-order valence-electron chi connectivity index (χ4n) is 3.71. The molecule has 1 aliphatic rings. The number of benzene rings is 1. The second-order valence-electron chi connectivity index (χ2n) is 7.03. The van der Waals surface area contributed by atoms with Gasteiger partial charge in [-0.2, -0.15) is 10.5 Å². The van der Waals surface area contributed by atoms with E-state index in [4.69, 9.17) is 15.2 Å². The van der Waals surface area contributed by atoms with Crippen LogP contribution < -0.4 is 21.3 Å². The molecule has 1 unspecified atom stereocenters. The number of pyridine rings is 1. The first-order valence-electron chi connectivity index (χ1n) is 9.68. The molecule has 0 radical (unpaired) electrons. The van der Waals surface area contributed by atoms with Crippen LogP contribution in [0.2, 0.25) is 0 Å². The minimum atomic E-state index is -0.823. The number of thiophene rings is 1. The van der Waals surface area contributed by atoms with Crippen LogP contribution in [0.5, 0.6) is 5.75 Å². The van der Waals surface area contributed by atoms with E-state index in [1.165, 1.54) is 18.4 Å². The van der Waals surface area contributed by atoms with Gasteiger partial charge < -0.3 is 25.5 Å². The molecule has 0 aliphatic carbocycles. The van der Waals surface area contributed by atoms with Crippen molar-refractivity contribution in [1.82, 2.24) is 4.98 Å². The highest BCUT2D eigenvalue weighted by molar-refractivity contribution is 7.23. The Hall–Kier alpha value is -4.54. The summed E-state index contributed by atoms with van der Waals surface area (Å²) in [6.45, 7) is 4.08. The highest BCUT2D eigenvalue weighted by Crippen LogP contribution is 2.47. The molecule has 3 aromatic rings. The fourth-order valence-corrected chi connectivity index (χ4v) is 4.82. The van der Waals surface area contributed by atoms with E-state index < -0.39 is 17.4 Å². The van der Waals surface area contributed by atoms with Crippen molar-refractivity contribution in [3.8, 4) is 17.9 Å². The standard InChI is InChI=1S/C23H17N5O4S/c1-3-8-27-22-14(10-25)17-19(33-22)18-16(21(29)28-17)15(13(9-24)20(26)32-18)11-4-6-12(7-5-11)23(30)31-2/h3-7,15,27H,1,8,26H2,2H3,(H,28,29). The summed E-state index contributed by atoms with van der Waals surface area (Å²) in [5.41, 5.74) is 7.33. The lowest BCUT2D eigenvalue weighted by Gasteiger charge is -2.26. The smallest absolute Gasteiger partial charge is 0.337 e. The zero-order valence-corrected chi connectivity index (χ0v) is 18.2. The van der Waals surface area contributed by atoms with Gasteiger partial charge in [0, 0.05) is 6.54 Å². The lowest BCUT2D eigenvalue weighted by Crippen LogP contribution is -2.27. The number of methoxy groups -OCH3 is 1. The van der Waals surface area contributed by atoms with Gasteiger partial charge in [0.15, 0.2) is 5.75 Å². The molecule has 4 rings (SSSR count). The van der Waals surface area contributed by atoms with Gasteiger partial charge in [-0.1, -0.05) is 18.2 Å². The summed E-state index contributed by atoms with van der Waals surface area (Å²) in [7, 11) is 1.28. The van der Waals surface area contributed by atoms with E-state index in [0.29, 0.717) is 32.9 Å². The molecule has 1 atom stereocenters. The second kappa shape index (κ2) is 8.54. The lowest BCUT2D eigenvalue weighted by molar-refractivity contribution is 0.0600. The van der Waals surface area contributed by atoms with E-state index in [1.807, 2.05) is 6.07 Å². The summed E-state index contributed by atoms with van der Waals surface area (Å²) in [6, 6.07) is 10.5. The van der Waals surface area contributed by atoms with E-state index in [-0.39, 0.29) is 28.3 Å². The number of hydrogen-bond acceptors (Lipinski definition) is 9. The number of carbonyl (C=O) groups excluding carboxylic acids is 1. The molecule has 1 aliphatic heterocycles. The topological polar surface area (TPSA) is 154 Å². The van der Waals surface area contributed by atoms with E-state index in [9.17, 15) is 20.1 Å². The summed E-state index contributed by atoms with van der Waals surface area (Å²) in [4.78, 5) is 27.8. The van der Waals surface area contributed by atoms with Gasteiger partial charge in [0.1, 0.15) is 28.3 Å².